The third kappa shape index (κ3) is 3.64. The normalized spacial score (nSPS) is 12.4. The van der Waals surface area contributed by atoms with Crippen LogP contribution in [0.1, 0.15) is 13.8 Å². The summed E-state index contributed by atoms with van der Waals surface area (Å²) in [6.07, 6.45) is 0. The summed E-state index contributed by atoms with van der Waals surface area (Å²) in [4.78, 5) is 0.150. The SMILES string of the molecule is CC(C)(NS(=O)(=O)c1cccc(Cl)c1)C(N)=S. The lowest BCUT2D eigenvalue weighted by Gasteiger charge is -2.24. The van der Waals surface area contributed by atoms with Gasteiger partial charge in [-0.25, -0.2) is 8.42 Å². The van der Waals surface area contributed by atoms with Gasteiger partial charge in [0.1, 0.15) is 0 Å². The van der Waals surface area contributed by atoms with Crippen LogP contribution in [0.15, 0.2) is 29.2 Å². The number of nitrogens with one attached hydrogen (secondary N) is 1. The second-order valence-electron chi connectivity index (χ2n) is 4.05. The van der Waals surface area contributed by atoms with E-state index in [2.05, 4.69) is 4.72 Å². The van der Waals surface area contributed by atoms with Crippen LogP contribution in [0.25, 0.3) is 0 Å². The van der Waals surface area contributed by atoms with Gasteiger partial charge in [-0.3, -0.25) is 0 Å². The summed E-state index contributed by atoms with van der Waals surface area (Å²) in [5, 5.41) is 0.348. The van der Waals surface area contributed by atoms with Crippen LogP contribution >= 0.6 is 23.8 Å². The molecule has 0 aliphatic heterocycles. The molecule has 0 fully saturated rings. The molecule has 1 aromatic rings. The second kappa shape index (κ2) is 4.89. The molecule has 0 aliphatic carbocycles. The molecule has 0 saturated carbocycles. The van der Waals surface area contributed by atoms with Crippen LogP contribution in [-0.2, 0) is 10.0 Å². The third-order valence-electron chi connectivity index (χ3n) is 2.11. The first kappa shape index (κ1) is 14.4. The van der Waals surface area contributed by atoms with E-state index in [9.17, 15) is 8.42 Å². The average molecular weight is 293 g/mol. The average Bonchev–Trinajstić information content (AvgIpc) is 2.15. The van der Waals surface area contributed by atoms with Crippen molar-refractivity contribution in [2.45, 2.75) is 24.3 Å². The van der Waals surface area contributed by atoms with Crippen molar-refractivity contribution in [1.29, 1.82) is 0 Å². The Morgan fingerprint density at radius 3 is 2.53 bits per heavy atom. The molecule has 1 aromatic carbocycles. The van der Waals surface area contributed by atoms with Crippen molar-refractivity contribution in [2.24, 2.45) is 5.73 Å². The Labute approximate surface area is 111 Å². The zero-order valence-electron chi connectivity index (χ0n) is 9.40. The molecular formula is C10H13ClN2O2S2. The van der Waals surface area contributed by atoms with Crippen LogP contribution < -0.4 is 10.5 Å². The van der Waals surface area contributed by atoms with Crippen molar-refractivity contribution >= 4 is 38.8 Å². The largest absolute Gasteiger partial charge is 0.392 e. The predicted octanol–water partition coefficient (Wildman–Crippen LogP) is 1.68. The van der Waals surface area contributed by atoms with E-state index in [0.717, 1.165) is 0 Å². The van der Waals surface area contributed by atoms with Gasteiger partial charge in [-0.1, -0.05) is 29.9 Å². The minimum Gasteiger partial charge on any atom is -0.392 e. The Hall–Kier alpha value is -0.690. The van der Waals surface area contributed by atoms with Gasteiger partial charge < -0.3 is 5.73 Å². The summed E-state index contributed by atoms with van der Waals surface area (Å²) < 4.78 is 26.5. The first-order valence-corrected chi connectivity index (χ1v) is 7.01. The maximum atomic E-state index is 12.0. The minimum atomic E-state index is -3.69. The van der Waals surface area contributed by atoms with E-state index in [4.69, 9.17) is 29.6 Å². The summed E-state index contributed by atoms with van der Waals surface area (Å²) in [7, 11) is -3.69. The fourth-order valence-corrected chi connectivity index (χ4v) is 2.89. The van der Waals surface area contributed by atoms with Crippen molar-refractivity contribution in [1.82, 2.24) is 4.72 Å². The smallest absolute Gasteiger partial charge is 0.241 e. The van der Waals surface area contributed by atoms with E-state index < -0.39 is 15.6 Å². The van der Waals surface area contributed by atoms with E-state index in [1.165, 1.54) is 12.1 Å². The van der Waals surface area contributed by atoms with E-state index in [1.807, 2.05) is 0 Å². The highest BCUT2D eigenvalue weighted by molar-refractivity contribution is 7.89. The number of sulfonamides is 1. The van der Waals surface area contributed by atoms with Crippen LogP contribution in [0.2, 0.25) is 5.02 Å². The molecule has 0 radical (unpaired) electrons. The summed E-state index contributed by atoms with van der Waals surface area (Å²) in [5.41, 5.74) is 4.47. The molecule has 4 nitrogen and oxygen atoms in total. The zero-order chi connectivity index (χ0) is 13.3. The molecule has 0 unspecified atom stereocenters. The lowest BCUT2D eigenvalue weighted by atomic mass is 10.1. The minimum absolute atomic E-state index is 0.0723. The lowest BCUT2D eigenvalue weighted by Crippen LogP contribution is -2.51. The first-order valence-electron chi connectivity index (χ1n) is 4.74. The van der Waals surface area contributed by atoms with Gasteiger partial charge in [-0.05, 0) is 32.0 Å². The van der Waals surface area contributed by atoms with Gasteiger partial charge in [0.2, 0.25) is 10.0 Å². The van der Waals surface area contributed by atoms with Crippen LogP contribution in [0, 0.1) is 0 Å². The summed E-state index contributed by atoms with van der Waals surface area (Å²) in [5.74, 6) is 0. The number of hydrogen-bond acceptors (Lipinski definition) is 3. The fraction of sp³-hybridized carbons (Fsp3) is 0.300. The number of hydrogen-bond donors (Lipinski definition) is 2. The number of benzene rings is 1. The topological polar surface area (TPSA) is 72.2 Å². The van der Waals surface area contributed by atoms with Crippen molar-refractivity contribution in [3.63, 3.8) is 0 Å². The van der Waals surface area contributed by atoms with E-state index >= 15 is 0 Å². The van der Waals surface area contributed by atoms with Crippen LogP contribution in [0.3, 0.4) is 0 Å². The van der Waals surface area contributed by atoms with E-state index in [0.29, 0.717) is 5.02 Å². The maximum absolute atomic E-state index is 12.0. The van der Waals surface area contributed by atoms with E-state index in [-0.39, 0.29) is 9.88 Å². The molecule has 1 rings (SSSR count). The van der Waals surface area contributed by atoms with Crippen LogP contribution in [-0.4, -0.2) is 18.9 Å². The predicted molar refractivity (Wildman–Crippen MR) is 72.6 cm³/mol. The van der Waals surface area contributed by atoms with Crippen LogP contribution in [0.5, 0.6) is 0 Å². The Morgan fingerprint density at radius 1 is 1.47 bits per heavy atom. The molecule has 0 aliphatic rings. The second-order valence-corrected chi connectivity index (χ2v) is 6.61. The molecule has 3 N–H and O–H groups in total. The van der Waals surface area contributed by atoms with Gasteiger partial charge in [-0.15, -0.1) is 0 Å². The Morgan fingerprint density at radius 2 is 2.06 bits per heavy atom. The van der Waals surface area contributed by atoms with Gasteiger partial charge in [-0.2, -0.15) is 4.72 Å². The molecular weight excluding hydrogens is 280 g/mol. The molecule has 94 valence electrons. The van der Waals surface area contributed by atoms with Gasteiger partial charge in [0.05, 0.1) is 15.4 Å². The lowest BCUT2D eigenvalue weighted by molar-refractivity contribution is 0.546. The first-order chi connectivity index (χ1) is 7.65. The Kier molecular flexibility index (Phi) is 4.14. The van der Waals surface area contributed by atoms with Crippen molar-refractivity contribution in [3.8, 4) is 0 Å². The molecule has 17 heavy (non-hydrogen) atoms. The van der Waals surface area contributed by atoms with Crippen LogP contribution in [0.4, 0.5) is 0 Å². The number of rotatable bonds is 4. The Balaban J connectivity index is 3.10. The van der Waals surface area contributed by atoms with Crippen molar-refractivity contribution in [3.05, 3.63) is 29.3 Å². The standard InChI is InChI=1S/C10H13ClN2O2S2/c1-10(2,9(12)16)13-17(14,15)8-5-3-4-7(11)6-8/h3-6,13H,1-2H3,(H2,12,16). The zero-order valence-corrected chi connectivity index (χ0v) is 11.8. The highest BCUT2D eigenvalue weighted by Gasteiger charge is 2.28. The maximum Gasteiger partial charge on any atom is 0.241 e. The summed E-state index contributed by atoms with van der Waals surface area (Å²) in [6, 6.07) is 5.97. The Bertz CT molecular complexity index is 541. The molecule has 0 atom stereocenters. The van der Waals surface area contributed by atoms with Gasteiger partial charge in [0.25, 0.3) is 0 Å². The quantitative estimate of drug-likeness (QED) is 0.828. The number of nitrogens with two attached hydrogens (primary N) is 1. The highest BCUT2D eigenvalue weighted by Crippen LogP contribution is 2.17. The molecule has 0 spiro atoms. The van der Waals surface area contributed by atoms with Gasteiger partial charge >= 0.3 is 0 Å². The molecule has 0 aromatic heterocycles. The molecule has 0 saturated heterocycles. The van der Waals surface area contributed by atoms with E-state index in [1.54, 1.807) is 26.0 Å². The highest BCUT2D eigenvalue weighted by atomic mass is 35.5. The van der Waals surface area contributed by atoms with Gasteiger partial charge in [0.15, 0.2) is 0 Å². The van der Waals surface area contributed by atoms with Crippen molar-refractivity contribution in [2.75, 3.05) is 0 Å². The fourth-order valence-electron chi connectivity index (χ4n) is 1.08. The molecule has 7 heteroatoms. The molecule has 0 heterocycles. The molecule has 0 bridgehead atoms. The number of thiocarbonyl (C=S) groups is 1. The number of halogens is 1. The molecule has 0 amide bonds. The van der Waals surface area contributed by atoms with Crippen molar-refractivity contribution < 1.29 is 8.42 Å². The summed E-state index contributed by atoms with van der Waals surface area (Å²) in [6.45, 7) is 3.19. The third-order valence-corrected chi connectivity index (χ3v) is 4.51. The monoisotopic (exact) mass is 292 g/mol. The van der Waals surface area contributed by atoms with Gasteiger partial charge in [0, 0.05) is 5.02 Å². The summed E-state index contributed by atoms with van der Waals surface area (Å²) >= 11 is 10.5.